The number of hydrogen-bond donors (Lipinski definition) is 0. The van der Waals surface area contributed by atoms with E-state index in [0.29, 0.717) is 4.47 Å². The van der Waals surface area contributed by atoms with Crippen LogP contribution in [-0.4, -0.2) is 12.1 Å². The maximum absolute atomic E-state index is 12.8. The number of nitrogens with zero attached hydrogens (tertiary/aromatic N) is 1. The fourth-order valence-corrected chi connectivity index (χ4v) is 1.48. The molecule has 5 heteroatoms. The molecule has 0 saturated heterocycles. The Hall–Kier alpha value is -0.350. The van der Waals surface area contributed by atoms with Crippen LogP contribution in [0.3, 0.4) is 0 Å². The van der Waals surface area contributed by atoms with Crippen LogP contribution in [0, 0.1) is 5.95 Å². The second kappa shape index (κ2) is 3.36. The molecule has 1 aromatic heterocycles. The topological polar surface area (TPSA) is 22.1 Å². The Bertz CT molecular complexity index is 258. The van der Waals surface area contributed by atoms with Gasteiger partial charge in [0, 0.05) is 0 Å². The molecule has 11 heavy (non-hydrogen) atoms. The van der Waals surface area contributed by atoms with Crippen molar-refractivity contribution in [2.45, 2.75) is 0 Å². The van der Waals surface area contributed by atoms with Gasteiger partial charge in [-0.15, -0.1) is 0 Å². The Morgan fingerprint density at radius 2 is 2.36 bits per heavy atom. The van der Waals surface area contributed by atoms with E-state index in [9.17, 15) is 4.39 Å². The van der Waals surface area contributed by atoms with Crippen LogP contribution in [0.2, 0.25) is 5.15 Å². The number of hydrogen-bond acceptors (Lipinski definition) is 2. The molecule has 0 saturated carbocycles. The van der Waals surface area contributed by atoms with Crippen LogP contribution < -0.4 is 4.74 Å². The van der Waals surface area contributed by atoms with E-state index in [1.54, 1.807) is 0 Å². The summed E-state index contributed by atoms with van der Waals surface area (Å²) in [5.74, 6) is -0.652. The lowest BCUT2D eigenvalue weighted by Crippen LogP contribution is -1.92. The van der Waals surface area contributed by atoms with Crippen LogP contribution in [0.5, 0.6) is 5.75 Å². The number of rotatable bonds is 1. The molecule has 0 aliphatic rings. The molecule has 0 spiro atoms. The van der Waals surface area contributed by atoms with Gasteiger partial charge in [-0.2, -0.15) is 4.39 Å². The van der Waals surface area contributed by atoms with Gasteiger partial charge >= 0.3 is 0 Å². The van der Waals surface area contributed by atoms with E-state index in [1.807, 2.05) is 0 Å². The molecule has 2 nitrogen and oxygen atoms in total. The van der Waals surface area contributed by atoms with Crippen molar-refractivity contribution in [2.24, 2.45) is 0 Å². The van der Waals surface area contributed by atoms with Crippen molar-refractivity contribution in [3.8, 4) is 5.75 Å². The average Bonchev–Trinajstić information content (AvgIpc) is 1.85. The van der Waals surface area contributed by atoms with Gasteiger partial charge in [-0.1, -0.05) is 11.6 Å². The zero-order valence-corrected chi connectivity index (χ0v) is 7.91. The lowest BCUT2D eigenvalue weighted by Gasteiger charge is -2.02. The van der Waals surface area contributed by atoms with Crippen molar-refractivity contribution >= 4 is 27.5 Å². The molecule has 1 aromatic rings. The maximum atomic E-state index is 12.8. The van der Waals surface area contributed by atoms with Crippen molar-refractivity contribution in [1.82, 2.24) is 4.98 Å². The fourth-order valence-electron chi connectivity index (χ4n) is 0.627. The van der Waals surface area contributed by atoms with Crippen molar-refractivity contribution in [2.75, 3.05) is 7.11 Å². The Balaban J connectivity index is 3.25. The number of halogens is 3. The molecule has 1 rings (SSSR count). The van der Waals surface area contributed by atoms with Gasteiger partial charge in [0.15, 0.2) is 5.75 Å². The van der Waals surface area contributed by atoms with E-state index < -0.39 is 5.95 Å². The van der Waals surface area contributed by atoms with Crippen LogP contribution in [0.4, 0.5) is 4.39 Å². The Morgan fingerprint density at radius 1 is 1.73 bits per heavy atom. The minimum Gasteiger partial charge on any atom is -0.491 e. The first-order chi connectivity index (χ1) is 5.15. The lowest BCUT2D eigenvalue weighted by atomic mass is 10.4. The second-order valence-corrected chi connectivity index (χ2v) is 2.99. The van der Waals surface area contributed by atoms with Crippen LogP contribution in [0.15, 0.2) is 10.5 Å². The van der Waals surface area contributed by atoms with Gasteiger partial charge in [-0.05, 0) is 22.0 Å². The van der Waals surface area contributed by atoms with Crippen molar-refractivity contribution in [3.05, 3.63) is 21.6 Å². The van der Waals surface area contributed by atoms with E-state index in [0.717, 1.165) is 0 Å². The maximum Gasteiger partial charge on any atom is 0.257 e. The summed E-state index contributed by atoms with van der Waals surface area (Å²) in [5, 5.41) is 0.0928. The van der Waals surface area contributed by atoms with Crippen LogP contribution >= 0.6 is 27.5 Å². The molecule has 0 aromatic carbocycles. The number of pyridine rings is 1. The second-order valence-electron chi connectivity index (χ2n) is 1.75. The molecular weight excluding hydrogens is 236 g/mol. The summed E-state index contributed by atoms with van der Waals surface area (Å²) in [5.41, 5.74) is 0. The standard InChI is InChI=1S/C6H4BrClFNO/c1-11-5-3(7)2-4(8)10-6(5)9/h2H,1H3. The highest BCUT2D eigenvalue weighted by molar-refractivity contribution is 9.10. The molecule has 0 amide bonds. The highest BCUT2D eigenvalue weighted by Crippen LogP contribution is 2.28. The molecule has 0 N–H and O–H groups in total. The molecule has 0 radical (unpaired) electrons. The van der Waals surface area contributed by atoms with E-state index in [4.69, 9.17) is 11.6 Å². The molecule has 0 fully saturated rings. The Labute approximate surface area is 76.5 Å². The van der Waals surface area contributed by atoms with Gasteiger partial charge in [0.05, 0.1) is 11.6 Å². The van der Waals surface area contributed by atoms with Crippen LogP contribution in [0.1, 0.15) is 0 Å². The summed E-state index contributed by atoms with van der Waals surface area (Å²) in [6.45, 7) is 0. The van der Waals surface area contributed by atoms with Crippen molar-refractivity contribution in [1.29, 1.82) is 0 Å². The molecule has 0 bridgehead atoms. The third-order valence-corrected chi connectivity index (χ3v) is 1.84. The predicted molar refractivity (Wildman–Crippen MR) is 43.5 cm³/mol. The summed E-state index contributed by atoms with van der Waals surface area (Å²) >= 11 is 8.51. The Kier molecular flexibility index (Phi) is 2.67. The van der Waals surface area contributed by atoms with Gasteiger partial charge in [0.25, 0.3) is 5.95 Å². The largest absolute Gasteiger partial charge is 0.491 e. The number of methoxy groups -OCH3 is 1. The summed E-state index contributed by atoms with van der Waals surface area (Å²) in [7, 11) is 1.36. The van der Waals surface area contributed by atoms with Crippen LogP contribution in [-0.2, 0) is 0 Å². The molecule has 0 aliphatic carbocycles. The van der Waals surface area contributed by atoms with E-state index in [1.165, 1.54) is 13.2 Å². The quantitative estimate of drug-likeness (QED) is 0.704. The molecule has 60 valence electrons. The van der Waals surface area contributed by atoms with Crippen molar-refractivity contribution < 1.29 is 9.13 Å². The van der Waals surface area contributed by atoms with Crippen LogP contribution in [0.25, 0.3) is 0 Å². The molecule has 0 unspecified atom stereocenters. The SMILES string of the molecule is COc1c(Br)cc(Cl)nc1F. The number of ether oxygens (including phenoxy) is 1. The smallest absolute Gasteiger partial charge is 0.257 e. The minimum absolute atomic E-state index is 0.0643. The van der Waals surface area contributed by atoms with Crippen molar-refractivity contribution in [3.63, 3.8) is 0 Å². The highest BCUT2D eigenvalue weighted by Gasteiger charge is 2.09. The minimum atomic E-state index is -0.716. The first kappa shape index (κ1) is 8.74. The summed E-state index contributed by atoms with van der Waals surface area (Å²) in [6.07, 6.45) is 0. The van der Waals surface area contributed by atoms with Gasteiger partial charge in [-0.25, -0.2) is 4.98 Å². The first-order valence-corrected chi connectivity index (χ1v) is 3.87. The van der Waals surface area contributed by atoms with E-state index in [-0.39, 0.29) is 10.9 Å². The van der Waals surface area contributed by atoms with Gasteiger partial charge < -0.3 is 4.74 Å². The number of aromatic nitrogens is 1. The zero-order chi connectivity index (χ0) is 8.43. The molecule has 1 heterocycles. The Morgan fingerprint density at radius 3 is 2.82 bits per heavy atom. The average molecular weight is 240 g/mol. The zero-order valence-electron chi connectivity index (χ0n) is 5.57. The van der Waals surface area contributed by atoms with E-state index in [2.05, 4.69) is 25.7 Å². The van der Waals surface area contributed by atoms with Gasteiger partial charge in [0.2, 0.25) is 0 Å². The normalized spacial score (nSPS) is 9.82. The summed E-state index contributed by atoms with van der Waals surface area (Å²) in [6, 6.07) is 1.46. The fraction of sp³-hybridized carbons (Fsp3) is 0.167. The highest BCUT2D eigenvalue weighted by atomic mass is 79.9. The molecular formula is C6H4BrClFNO. The predicted octanol–water partition coefficient (Wildman–Crippen LogP) is 2.65. The summed E-state index contributed by atoms with van der Waals surface area (Å²) in [4.78, 5) is 3.35. The molecule has 0 atom stereocenters. The monoisotopic (exact) mass is 239 g/mol. The summed E-state index contributed by atoms with van der Waals surface area (Å²) < 4.78 is 17.9. The third kappa shape index (κ3) is 1.81. The van der Waals surface area contributed by atoms with Gasteiger partial charge in [0.1, 0.15) is 5.15 Å². The van der Waals surface area contributed by atoms with Gasteiger partial charge in [-0.3, -0.25) is 0 Å². The molecule has 0 aliphatic heterocycles. The first-order valence-electron chi connectivity index (χ1n) is 2.70. The third-order valence-electron chi connectivity index (χ3n) is 1.06. The van der Waals surface area contributed by atoms with E-state index >= 15 is 0 Å². The lowest BCUT2D eigenvalue weighted by molar-refractivity contribution is 0.375.